The van der Waals surface area contributed by atoms with Crippen molar-refractivity contribution < 1.29 is 38.4 Å². The van der Waals surface area contributed by atoms with Crippen molar-refractivity contribution >= 4 is 35.3 Å². The van der Waals surface area contributed by atoms with Crippen LogP contribution in [0.25, 0.3) is 0 Å². The normalized spacial score (nSPS) is 23.0. The van der Waals surface area contributed by atoms with E-state index in [0.717, 1.165) is 5.56 Å². The van der Waals surface area contributed by atoms with Gasteiger partial charge in [0.2, 0.25) is 5.91 Å². The number of esters is 2. The van der Waals surface area contributed by atoms with Gasteiger partial charge in [0.05, 0.1) is 19.9 Å². The van der Waals surface area contributed by atoms with Crippen molar-refractivity contribution in [2.75, 3.05) is 14.2 Å². The summed E-state index contributed by atoms with van der Waals surface area (Å²) in [6.45, 7) is 14.0. The molecule has 1 aromatic carbocycles. The first-order chi connectivity index (χ1) is 18.9. The second-order valence-corrected chi connectivity index (χ2v) is 14.3. The van der Waals surface area contributed by atoms with E-state index >= 15 is 0 Å². The smallest absolute Gasteiger partial charge is 0.343 e. The van der Waals surface area contributed by atoms with Gasteiger partial charge in [0, 0.05) is 34.5 Å². The number of carbonyl (C=O) groups excluding carboxylic acids is 3. The first-order valence-corrected chi connectivity index (χ1v) is 14.4. The predicted octanol–water partition coefficient (Wildman–Crippen LogP) is 4.85. The summed E-state index contributed by atoms with van der Waals surface area (Å²) in [6, 6.07) is 3.50. The van der Waals surface area contributed by atoms with Crippen LogP contribution >= 0.6 is 11.8 Å². The van der Waals surface area contributed by atoms with Crippen molar-refractivity contribution in [3.63, 3.8) is 0 Å². The Bertz CT molecular complexity index is 1260. The molecule has 2 N–H and O–H groups in total. The van der Waals surface area contributed by atoms with E-state index in [9.17, 15) is 19.5 Å². The quantitative estimate of drug-likeness (QED) is 0.428. The van der Waals surface area contributed by atoms with Crippen molar-refractivity contribution in [1.82, 2.24) is 5.32 Å². The Balaban J connectivity index is 2.09. The van der Waals surface area contributed by atoms with Gasteiger partial charge in [0.25, 0.3) is 0 Å². The molecule has 41 heavy (non-hydrogen) atoms. The lowest BCUT2D eigenvalue weighted by molar-refractivity contribution is -0.158. The predicted molar refractivity (Wildman–Crippen MR) is 158 cm³/mol. The Hall–Kier alpha value is -3.21. The third-order valence-corrected chi connectivity index (χ3v) is 8.20. The topological polar surface area (TPSA) is 133 Å². The van der Waals surface area contributed by atoms with E-state index < -0.39 is 45.9 Å². The highest BCUT2D eigenvalue weighted by molar-refractivity contribution is 8.01. The molecule has 0 bridgehead atoms. The van der Waals surface area contributed by atoms with Crippen molar-refractivity contribution in [2.24, 2.45) is 4.99 Å². The van der Waals surface area contributed by atoms with Crippen LogP contribution in [0.3, 0.4) is 0 Å². The van der Waals surface area contributed by atoms with E-state index in [-0.39, 0.29) is 35.1 Å². The monoisotopic (exact) mass is 590 g/mol. The van der Waals surface area contributed by atoms with Crippen LogP contribution in [-0.4, -0.2) is 70.9 Å². The Morgan fingerprint density at radius 2 is 1.83 bits per heavy atom. The van der Waals surface area contributed by atoms with Crippen LogP contribution in [0.2, 0.25) is 0 Å². The molecule has 3 rings (SSSR count). The van der Waals surface area contributed by atoms with Crippen molar-refractivity contribution in [3.8, 4) is 11.5 Å². The van der Waals surface area contributed by atoms with E-state index in [4.69, 9.17) is 23.9 Å². The van der Waals surface area contributed by atoms with E-state index in [1.54, 1.807) is 61.8 Å². The number of benzene rings is 1. The second kappa shape index (κ2) is 12.0. The summed E-state index contributed by atoms with van der Waals surface area (Å²) in [7, 11) is 3.12. The molecule has 2 heterocycles. The molecule has 11 heteroatoms. The number of ether oxygens (including phenoxy) is 4. The van der Waals surface area contributed by atoms with Gasteiger partial charge in [-0.15, -0.1) is 11.8 Å². The van der Waals surface area contributed by atoms with Crippen LogP contribution in [0, 0.1) is 0 Å². The second-order valence-electron chi connectivity index (χ2n) is 12.4. The summed E-state index contributed by atoms with van der Waals surface area (Å²) >= 11 is 1.49. The third-order valence-electron chi connectivity index (χ3n) is 6.67. The molecule has 0 saturated carbocycles. The number of hydrogen-bond donors (Lipinski definition) is 2. The molecule has 226 valence electrons. The van der Waals surface area contributed by atoms with Gasteiger partial charge in [-0.2, -0.15) is 0 Å². The summed E-state index contributed by atoms with van der Waals surface area (Å²) in [5.41, 5.74) is -0.593. The van der Waals surface area contributed by atoms with Crippen LogP contribution in [0.4, 0.5) is 0 Å². The maximum Gasteiger partial charge on any atom is 0.343 e. The highest BCUT2D eigenvalue weighted by Gasteiger charge is 2.45. The zero-order valence-electron chi connectivity index (χ0n) is 25.5. The average molecular weight is 591 g/mol. The number of thioether (sulfide) groups is 1. The van der Waals surface area contributed by atoms with Gasteiger partial charge in [-0.25, -0.2) is 9.59 Å². The Kier molecular flexibility index (Phi) is 9.42. The van der Waals surface area contributed by atoms with Gasteiger partial charge in [-0.3, -0.25) is 9.79 Å². The molecule has 1 aromatic rings. The molecule has 0 radical (unpaired) electrons. The third kappa shape index (κ3) is 7.75. The van der Waals surface area contributed by atoms with Crippen LogP contribution in [-0.2, 0) is 23.9 Å². The SMILES string of the molecule is COc1ccc(C2CC(C3=C(O)CC(C)(C)OC3=O)=NC(C(=O)NC(C)C(=O)OC(C)(C)C)C(C)(C)S2)c(OC)c1. The lowest BCUT2D eigenvalue weighted by atomic mass is 9.92. The number of hydrogen-bond acceptors (Lipinski definition) is 10. The highest BCUT2D eigenvalue weighted by Crippen LogP contribution is 2.49. The molecule has 0 aromatic heterocycles. The first-order valence-electron chi connectivity index (χ1n) is 13.5. The van der Waals surface area contributed by atoms with Gasteiger partial charge in [-0.05, 0) is 61.5 Å². The zero-order valence-corrected chi connectivity index (χ0v) is 26.4. The lowest BCUT2D eigenvalue weighted by Crippen LogP contribution is -2.50. The number of nitrogens with zero attached hydrogens (tertiary/aromatic N) is 1. The number of methoxy groups -OCH3 is 2. The molecule has 3 unspecified atom stereocenters. The number of carbonyl (C=O) groups is 3. The minimum Gasteiger partial charge on any atom is -0.511 e. The fraction of sp³-hybridized carbons (Fsp3) is 0.600. The number of cyclic esters (lactones) is 1. The highest BCUT2D eigenvalue weighted by atomic mass is 32.2. The fourth-order valence-corrected chi connectivity index (χ4v) is 6.37. The summed E-state index contributed by atoms with van der Waals surface area (Å²) in [4.78, 5) is 44.3. The van der Waals surface area contributed by atoms with E-state index in [0.29, 0.717) is 11.5 Å². The van der Waals surface area contributed by atoms with Crippen molar-refractivity contribution in [2.45, 2.75) is 102 Å². The summed E-state index contributed by atoms with van der Waals surface area (Å²) in [5.74, 6) is -0.743. The largest absolute Gasteiger partial charge is 0.511 e. The molecule has 2 aliphatic heterocycles. The van der Waals surface area contributed by atoms with Crippen LogP contribution in [0.1, 0.15) is 79.0 Å². The lowest BCUT2D eigenvalue weighted by Gasteiger charge is -2.32. The maximum absolute atomic E-state index is 13.7. The molecule has 1 amide bonds. The zero-order chi connectivity index (χ0) is 30.9. The maximum atomic E-state index is 13.7. The van der Waals surface area contributed by atoms with Crippen molar-refractivity contribution in [1.29, 1.82) is 0 Å². The van der Waals surface area contributed by atoms with Crippen LogP contribution in [0.15, 0.2) is 34.5 Å². The molecule has 0 fully saturated rings. The van der Waals surface area contributed by atoms with Gasteiger partial charge in [0.1, 0.15) is 46.1 Å². The molecule has 2 aliphatic rings. The summed E-state index contributed by atoms with van der Waals surface area (Å²) in [6.07, 6.45) is 0.309. The minimum atomic E-state index is -1.02. The molecule has 3 atom stereocenters. The molecule has 0 spiro atoms. The number of rotatable bonds is 7. The Morgan fingerprint density at radius 1 is 1.17 bits per heavy atom. The number of aliphatic imine (C=N–C) groups is 1. The standard InChI is InChI=1S/C30H42N2O8S/c1-16(26(35)39-28(2,3)4)31-25(34)24-30(7,8)41-22(18-12-11-17(37-9)13-21(18)38-10)14-19(32-24)23-20(33)15-29(5,6)40-27(23)36/h11-13,16,22,24,33H,14-15H2,1-10H3,(H,31,34). The summed E-state index contributed by atoms with van der Waals surface area (Å²) in [5, 5.41) is 13.4. The molecular formula is C30H42N2O8S. The van der Waals surface area contributed by atoms with Crippen molar-refractivity contribution in [3.05, 3.63) is 35.1 Å². The molecule has 10 nitrogen and oxygen atoms in total. The molecule has 0 aliphatic carbocycles. The van der Waals surface area contributed by atoms with E-state index in [1.165, 1.54) is 11.8 Å². The van der Waals surface area contributed by atoms with Crippen LogP contribution < -0.4 is 14.8 Å². The van der Waals surface area contributed by atoms with Gasteiger partial charge in [-0.1, -0.05) is 6.07 Å². The first kappa shape index (κ1) is 32.3. The number of aliphatic hydroxyl groups excluding tert-OH is 1. The van der Waals surface area contributed by atoms with E-state index in [1.807, 2.05) is 26.0 Å². The summed E-state index contributed by atoms with van der Waals surface area (Å²) < 4.78 is 21.3. The average Bonchev–Trinajstić information content (AvgIpc) is 2.96. The Morgan fingerprint density at radius 3 is 2.39 bits per heavy atom. The van der Waals surface area contributed by atoms with Gasteiger partial charge < -0.3 is 29.4 Å². The number of amides is 1. The fourth-order valence-electron chi connectivity index (χ4n) is 4.78. The molecular weight excluding hydrogens is 548 g/mol. The van der Waals surface area contributed by atoms with Crippen LogP contribution in [0.5, 0.6) is 11.5 Å². The van der Waals surface area contributed by atoms with E-state index in [2.05, 4.69) is 5.32 Å². The molecule has 0 saturated heterocycles. The van der Waals surface area contributed by atoms with Gasteiger partial charge in [0.15, 0.2) is 0 Å². The minimum absolute atomic E-state index is 0.0434. The number of nitrogens with one attached hydrogen (secondary N) is 1. The number of aliphatic hydroxyl groups is 1. The van der Waals surface area contributed by atoms with Gasteiger partial charge >= 0.3 is 11.9 Å². The Labute approximate surface area is 246 Å².